The summed E-state index contributed by atoms with van der Waals surface area (Å²) in [7, 11) is 12.8. The molecule has 8 heteroatoms. The second-order valence-electron chi connectivity index (χ2n) is 3.90. The zero-order valence-electron chi connectivity index (χ0n) is 11.9. The molecule has 0 aliphatic heterocycles. The fourth-order valence-electron chi connectivity index (χ4n) is 1.66. The van der Waals surface area contributed by atoms with Crippen LogP contribution in [0.2, 0.25) is 0 Å². The molecule has 3 nitrogen and oxygen atoms in total. The second kappa shape index (κ2) is 10.4. The molecule has 0 saturated heterocycles. The van der Waals surface area contributed by atoms with E-state index in [1.54, 1.807) is 30.3 Å². The third-order valence-electron chi connectivity index (χ3n) is 2.65. The molecule has 1 atom stereocenters. The first kappa shape index (κ1) is 19.7. The zero-order valence-corrected chi connectivity index (χ0v) is 16.8. The second-order valence-corrected chi connectivity index (χ2v) is 8.96. The van der Waals surface area contributed by atoms with E-state index in [2.05, 4.69) is 0 Å². The Labute approximate surface area is 149 Å². The fourth-order valence-corrected chi connectivity index (χ4v) is 2.79. The van der Waals surface area contributed by atoms with E-state index in [1.807, 2.05) is 0 Å². The Morgan fingerprint density at radius 3 is 2.27 bits per heavy atom. The third-order valence-corrected chi connectivity index (χ3v) is 3.97. The molecule has 0 fully saturated rings. The summed E-state index contributed by atoms with van der Waals surface area (Å²) in [5, 5.41) is 11.2. The molecule has 0 radical (unpaired) electrons. The van der Waals surface area contributed by atoms with E-state index in [9.17, 15) is 9.50 Å². The summed E-state index contributed by atoms with van der Waals surface area (Å²) in [5.41, 5.74) is 0. The van der Waals surface area contributed by atoms with Crippen molar-refractivity contribution in [2.24, 2.45) is 0 Å². The molecule has 0 heterocycles. The molecule has 0 spiro atoms. The average Bonchev–Trinajstić information content (AvgIpc) is 2.52. The van der Waals surface area contributed by atoms with Gasteiger partial charge < -0.3 is 14.6 Å². The number of hydrogen-bond acceptors (Lipinski definition) is 3. The average molecular weight is 442 g/mol. The molecular weight excluding hydrogens is 428 g/mol. The number of phenolic OH excluding ortho intramolecular Hbond substituents is 1. The third kappa shape index (κ3) is 5.70. The van der Waals surface area contributed by atoms with Crippen molar-refractivity contribution < 1.29 is 39.8 Å². The number of ether oxygens (including phenoxy) is 2. The van der Waals surface area contributed by atoms with Gasteiger partial charge in [-0.2, -0.15) is 0 Å². The Hall–Kier alpha value is -0.337. The zero-order chi connectivity index (χ0) is 16.5. The van der Waals surface area contributed by atoms with Gasteiger partial charge in [0.1, 0.15) is 11.6 Å². The minimum atomic E-state index is -0.826. The van der Waals surface area contributed by atoms with Crippen molar-refractivity contribution in [1.82, 2.24) is 0 Å². The van der Waals surface area contributed by atoms with Crippen LogP contribution in [0.4, 0.5) is 4.39 Å². The normalized spacial score (nSPS) is 10.0. The Morgan fingerprint density at radius 2 is 1.73 bits per heavy atom. The van der Waals surface area contributed by atoms with E-state index in [0.29, 0.717) is 22.1 Å². The summed E-state index contributed by atoms with van der Waals surface area (Å²) in [5.74, 6) is 0.610. The van der Waals surface area contributed by atoms with Crippen molar-refractivity contribution in [3.8, 4) is 17.2 Å². The Bertz CT molecular complexity index is 617. The Balaban J connectivity index is 0.000000745. The summed E-state index contributed by atoms with van der Waals surface area (Å²) in [6.07, 6.45) is 0. The van der Waals surface area contributed by atoms with Crippen LogP contribution in [-0.4, -0.2) is 19.3 Å². The van der Waals surface area contributed by atoms with Gasteiger partial charge in [0.15, 0.2) is 11.5 Å². The van der Waals surface area contributed by atoms with Crippen molar-refractivity contribution in [1.29, 1.82) is 0 Å². The molecule has 2 aromatic rings. The van der Waals surface area contributed by atoms with Gasteiger partial charge in [0.2, 0.25) is 0 Å². The maximum atomic E-state index is 13.6. The summed E-state index contributed by atoms with van der Waals surface area (Å²) in [6, 6.07) is 9.76. The van der Waals surface area contributed by atoms with Crippen LogP contribution in [0.25, 0.3) is 0 Å². The van der Waals surface area contributed by atoms with E-state index < -0.39 is 20.8 Å². The van der Waals surface area contributed by atoms with Crippen LogP contribution in [0.15, 0.2) is 36.4 Å². The van der Waals surface area contributed by atoms with Gasteiger partial charge in [-0.1, -0.05) is 26.8 Å². The molecule has 0 amide bonds. The van der Waals surface area contributed by atoms with E-state index in [4.69, 9.17) is 26.5 Å². The molecular formula is C14H14Cl2FO3PZr. The van der Waals surface area contributed by atoms with Gasteiger partial charge in [0.25, 0.3) is 0 Å². The number of methoxy groups -OCH3 is 2. The summed E-state index contributed by atoms with van der Waals surface area (Å²) in [6.45, 7) is 0. The molecule has 0 saturated carbocycles. The van der Waals surface area contributed by atoms with E-state index in [-0.39, 0.29) is 20.1 Å². The molecule has 1 N–H and O–H groups in total. The van der Waals surface area contributed by atoms with Crippen LogP contribution in [0, 0.1) is 5.82 Å². The van der Waals surface area contributed by atoms with Gasteiger partial charge in [-0.25, -0.2) is 4.39 Å². The first-order valence-corrected chi connectivity index (χ1v) is 13.3. The van der Waals surface area contributed by atoms with Crippen molar-refractivity contribution in [2.75, 3.05) is 14.2 Å². The van der Waals surface area contributed by atoms with Gasteiger partial charge in [0.05, 0.1) is 14.2 Å². The van der Waals surface area contributed by atoms with Gasteiger partial charge in [0, 0.05) is 16.7 Å². The summed E-state index contributed by atoms with van der Waals surface area (Å²) in [4.78, 5) is 0. The number of halogens is 3. The van der Waals surface area contributed by atoms with Crippen molar-refractivity contribution >= 4 is 36.2 Å². The first-order chi connectivity index (χ1) is 10.6. The fraction of sp³-hybridized carbons (Fsp3) is 0.143. The molecule has 1 unspecified atom stereocenters. The van der Waals surface area contributed by atoms with Crippen LogP contribution in [0.3, 0.4) is 0 Å². The summed E-state index contributed by atoms with van der Waals surface area (Å²) >= 11 is -0.826. The topological polar surface area (TPSA) is 38.7 Å². The molecule has 0 bridgehead atoms. The van der Waals surface area contributed by atoms with Crippen molar-refractivity contribution in [3.63, 3.8) is 0 Å². The first-order valence-electron chi connectivity index (χ1n) is 6.00. The van der Waals surface area contributed by atoms with Crippen LogP contribution in [0.5, 0.6) is 17.2 Å². The van der Waals surface area contributed by atoms with Gasteiger partial charge in [-0.15, -0.1) is 0 Å². The molecule has 22 heavy (non-hydrogen) atoms. The summed E-state index contributed by atoms with van der Waals surface area (Å²) < 4.78 is 23.9. The number of benzene rings is 2. The van der Waals surface area contributed by atoms with Crippen molar-refractivity contribution in [3.05, 3.63) is 42.2 Å². The van der Waals surface area contributed by atoms with Gasteiger partial charge in [-0.05, 0) is 12.1 Å². The number of rotatable bonds is 4. The van der Waals surface area contributed by atoms with Crippen molar-refractivity contribution in [2.45, 2.75) is 0 Å². The van der Waals surface area contributed by atoms with E-state index >= 15 is 0 Å². The van der Waals surface area contributed by atoms with Gasteiger partial charge >= 0.3 is 37.9 Å². The van der Waals surface area contributed by atoms with Crippen LogP contribution >= 0.6 is 25.6 Å². The van der Waals surface area contributed by atoms with E-state index in [0.717, 1.165) is 0 Å². The molecule has 0 aliphatic rings. The SMILES string of the molecule is COc1cc(OC)c(O)c(Pc2ccccc2F)c1.[Cl][Zr][Cl]. The molecule has 2 aromatic carbocycles. The monoisotopic (exact) mass is 440 g/mol. The minimum absolute atomic E-state index is 0.0118. The molecule has 0 aromatic heterocycles. The Kier molecular flexibility index (Phi) is 9.35. The number of phenols is 1. The molecule has 118 valence electrons. The maximum absolute atomic E-state index is 13.6. The molecule has 2 rings (SSSR count). The predicted molar refractivity (Wildman–Crippen MR) is 86.9 cm³/mol. The molecule has 0 aliphatic carbocycles. The predicted octanol–water partition coefficient (Wildman–Crippen LogP) is 3.55. The van der Waals surface area contributed by atoms with Crippen LogP contribution in [0.1, 0.15) is 0 Å². The van der Waals surface area contributed by atoms with E-state index in [1.165, 1.54) is 20.3 Å². The standard InChI is InChI=1S/C14H14FO3P.2ClH.Zr/c1-17-9-7-11(18-2)14(16)13(8-9)19-12-6-4-3-5-10(12)15;;;/h3-8,16,19H,1-2H3;2*1H;/q;;;+2/p-2. The van der Waals surface area contributed by atoms with Crippen LogP contribution < -0.4 is 20.1 Å². The number of aromatic hydroxyl groups is 1. The van der Waals surface area contributed by atoms with Crippen LogP contribution in [-0.2, 0) is 20.8 Å². The Morgan fingerprint density at radius 1 is 1.09 bits per heavy atom. The van der Waals surface area contributed by atoms with Gasteiger partial charge in [-0.3, -0.25) is 0 Å². The number of hydrogen-bond donors (Lipinski definition) is 1. The quantitative estimate of drug-likeness (QED) is 0.737.